The van der Waals surface area contributed by atoms with Crippen LogP contribution in [0, 0.1) is 5.41 Å². The Kier molecular flexibility index (Phi) is 2.71. The standard InChI is InChI=1S/C10H16F3NO/c11-8-1-3-14(4-2-8)6-9(7-15)5-10(9,12)13/h8,15H,1-7H2. The van der Waals surface area contributed by atoms with Crippen LogP contribution in [0.3, 0.4) is 0 Å². The second-order valence-corrected chi connectivity index (χ2v) is 4.77. The number of piperidine rings is 1. The molecule has 2 fully saturated rings. The Balaban J connectivity index is 1.87. The van der Waals surface area contributed by atoms with Gasteiger partial charge in [-0.25, -0.2) is 13.2 Å². The first-order chi connectivity index (χ1) is 6.99. The first-order valence-corrected chi connectivity index (χ1v) is 5.34. The summed E-state index contributed by atoms with van der Waals surface area (Å²) >= 11 is 0. The summed E-state index contributed by atoms with van der Waals surface area (Å²) in [5.74, 6) is -2.73. The van der Waals surface area contributed by atoms with Gasteiger partial charge in [-0.1, -0.05) is 0 Å². The molecule has 2 aliphatic rings. The Morgan fingerprint density at radius 1 is 1.27 bits per heavy atom. The molecule has 0 aromatic carbocycles. The maximum absolute atomic E-state index is 13.0. The molecule has 5 heteroatoms. The molecular weight excluding hydrogens is 207 g/mol. The third kappa shape index (κ3) is 1.99. The second-order valence-electron chi connectivity index (χ2n) is 4.77. The maximum atomic E-state index is 13.0. The highest BCUT2D eigenvalue weighted by molar-refractivity contribution is 5.11. The number of rotatable bonds is 3. The van der Waals surface area contributed by atoms with Gasteiger partial charge in [0, 0.05) is 26.1 Å². The summed E-state index contributed by atoms with van der Waals surface area (Å²) < 4.78 is 38.9. The van der Waals surface area contributed by atoms with E-state index in [1.807, 2.05) is 4.90 Å². The van der Waals surface area contributed by atoms with E-state index < -0.39 is 24.1 Å². The van der Waals surface area contributed by atoms with Gasteiger partial charge in [0.1, 0.15) is 6.17 Å². The average molecular weight is 223 g/mol. The van der Waals surface area contributed by atoms with Crippen LogP contribution in [0.25, 0.3) is 0 Å². The Bertz CT molecular complexity index is 241. The van der Waals surface area contributed by atoms with E-state index in [1.165, 1.54) is 0 Å². The van der Waals surface area contributed by atoms with E-state index in [4.69, 9.17) is 5.11 Å². The van der Waals surface area contributed by atoms with E-state index in [-0.39, 0.29) is 13.0 Å². The van der Waals surface area contributed by atoms with Crippen molar-refractivity contribution < 1.29 is 18.3 Å². The third-order valence-electron chi connectivity index (χ3n) is 3.56. The number of aliphatic hydroxyl groups excluding tert-OH is 1. The van der Waals surface area contributed by atoms with E-state index in [1.54, 1.807) is 0 Å². The van der Waals surface area contributed by atoms with Crippen LogP contribution >= 0.6 is 0 Å². The Hall–Kier alpha value is -0.290. The summed E-state index contributed by atoms with van der Waals surface area (Å²) in [4.78, 5) is 1.84. The van der Waals surface area contributed by atoms with Crippen molar-refractivity contribution in [1.82, 2.24) is 4.90 Å². The zero-order chi connectivity index (χ0) is 11.1. The summed E-state index contributed by atoms with van der Waals surface area (Å²) in [6.45, 7) is 0.775. The molecule has 1 heterocycles. The van der Waals surface area contributed by atoms with Crippen molar-refractivity contribution in [1.29, 1.82) is 0 Å². The number of alkyl halides is 3. The first kappa shape index (κ1) is 11.2. The molecule has 0 spiro atoms. The molecule has 1 unspecified atom stereocenters. The van der Waals surface area contributed by atoms with E-state index in [0.29, 0.717) is 25.9 Å². The smallest absolute Gasteiger partial charge is 0.258 e. The molecule has 1 saturated carbocycles. The van der Waals surface area contributed by atoms with E-state index >= 15 is 0 Å². The highest BCUT2D eigenvalue weighted by atomic mass is 19.3. The van der Waals surface area contributed by atoms with Crippen LogP contribution in [0.2, 0.25) is 0 Å². The Labute approximate surface area is 87.1 Å². The summed E-state index contributed by atoms with van der Waals surface area (Å²) in [5.41, 5.74) is -1.24. The van der Waals surface area contributed by atoms with Gasteiger partial charge in [0.05, 0.1) is 12.0 Å². The average Bonchev–Trinajstić information content (AvgIpc) is 2.73. The number of hydrogen-bond donors (Lipinski definition) is 1. The predicted octanol–water partition coefficient (Wildman–Crippen LogP) is 1.44. The molecule has 2 rings (SSSR count). The Morgan fingerprint density at radius 3 is 2.20 bits per heavy atom. The van der Waals surface area contributed by atoms with Crippen molar-refractivity contribution in [2.45, 2.75) is 31.4 Å². The van der Waals surface area contributed by atoms with Crippen LogP contribution < -0.4 is 0 Å². The lowest BCUT2D eigenvalue weighted by Gasteiger charge is -2.31. The molecule has 0 radical (unpaired) electrons. The van der Waals surface area contributed by atoms with Crippen LogP contribution in [0.4, 0.5) is 13.2 Å². The molecule has 1 aliphatic heterocycles. The van der Waals surface area contributed by atoms with Crippen molar-refractivity contribution in [2.24, 2.45) is 5.41 Å². The van der Waals surface area contributed by atoms with Crippen LogP contribution in [0.1, 0.15) is 19.3 Å². The fraction of sp³-hybridized carbons (Fsp3) is 1.00. The van der Waals surface area contributed by atoms with Gasteiger partial charge in [-0.05, 0) is 12.8 Å². The lowest BCUT2D eigenvalue weighted by molar-refractivity contribution is 0.0112. The number of aliphatic hydroxyl groups is 1. The molecule has 15 heavy (non-hydrogen) atoms. The maximum Gasteiger partial charge on any atom is 0.258 e. The SMILES string of the molecule is OCC1(CN2CCC(F)CC2)CC1(F)F. The van der Waals surface area contributed by atoms with Gasteiger partial charge in [-0.2, -0.15) is 0 Å². The lowest BCUT2D eigenvalue weighted by atomic mass is 10.0. The van der Waals surface area contributed by atoms with Gasteiger partial charge in [-0.3, -0.25) is 0 Å². The monoisotopic (exact) mass is 223 g/mol. The van der Waals surface area contributed by atoms with Crippen molar-refractivity contribution in [3.8, 4) is 0 Å². The van der Waals surface area contributed by atoms with Crippen LogP contribution in [-0.2, 0) is 0 Å². The van der Waals surface area contributed by atoms with E-state index in [2.05, 4.69) is 0 Å². The van der Waals surface area contributed by atoms with Gasteiger partial charge < -0.3 is 10.0 Å². The molecule has 1 atom stereocenters. The lowest BCUT2D eigenvalue weighted by Crippen LogP contribution is -2.40. The molecule has 1 aliphatic carbocycles. The second kappa shape index (κ2) is 3.63. The van der Waals surface area contributed by atoms with Crippen LogP contribution in [0.5, 0.6) is 0 Å². The van der Waals surface area contributed by atoms with Crippen LogP contribution in [0.15, 0.2) is 0 Å². The first-order valence-electron chi connectivity index (χ1n) is 5.34. The molecule has 0 bridgehead atoms. The molecule has 0 aromatic rings. The highest BCUT2D eigenvalue weighted by Gasteiger charge is 2.70. The number of nitrogens with zero attached hydrogens (tertiary/aromatic N) is 1. The topological polar surface area (TPSA) is 23.5 Å². The van der Waals surface area contributed by atoms with E-state index in [9.17, 15) is 13.2 Å². The fourth-order valence-electron chi connectivity index (χ4n) is 2.26. The van der Waals surface area contributed by atoms with Gasteiger partial charge in [0.15, 0.2) is 0 Å². The predicted molar refractivity (Wildman–Crippen MR) is 49.7 cm³/mol. The molecule has 88 valence electrons. The largest absolute Gasteiger partial charge is 0.396 e. The summed E-state index contributed by atoms with van der Waals surface area (Å²) in [6.07, 6.45) is -0.169. The van der Waals surface area contributed by atoms with Crippen molar-refractivity contribution in [3.05, 3.63) is 0 Å². The van der Waals surface area contributed by atoms with Crippen molar-refractivity contribution in [3.63, 3.8) is 0 Å². The fourth-order valence-corrected chi connectivity index (χ4v) is 2.26. The van der Waals surface area contributed by atoms with Gasteiger partial charge in [0.25, 0.3) is 5.92 Å². The minimum atomic E-state index is -2.73. The zero-order valence-corrected chi connectivity index (χ0v) is 8.56. The van der Waals surface area contributed by atoms with Crippen molar-refractivity contribution >= 4 is 0 Å². The number of likely N-dealkylation sites (tertiary alicyclic amines) is 1. The molecule has 2 nitrogen and oxygen atoms in total. The molecule has 1 N–H and O–H groups in total. The van der Waals surface area contributed by atoms with Crippen LogP contribution in [-0.4, -0.2) is 48.3 Å². The number of halogens is 3. The minimum absolute atomic E-state index is 0.198. The van der Waals surface area contributed by atoms with Gasteiger partial charge in [-0.15, -0.1) is 0 Å². The molecular formula is C10H16F3NO. The van der Waals surface area contributed by atoms with Crippen molar-refractivity contribution in [2.75, 3.05) is 26.2 Å². The highest BCUT2D eigenvalue weighted by Crippen LogP contribution is 2.60. The van der Waals surface area contributed by atoms with Gasteiger partial charge in [0.2, 0.25) is 0 Å². The summed E-state index contributed by atoms with van der Waals surface area (Å²) in [5, 5.41) is 8.99. The molecule has 0 aromatic heterocycles. The van der Waals surface area contributed by atoms with E-state index in [0.717, 1.165) is 0 Å². The summed E-state index contributed by atoms with van der Waals surface area (Å²) in [6, 6.07) is 0. The van der Waals surface area contributed by atoms with Gasteiger partial charge >= 0.3 is 0 Å². The molecule has 0 amide bonds. The number of hydrogen-bond acceptors (Lipinski definition) is 2. The third-order valence-corrected chi connectivity index (χ3v) is 3.56. The molecule has 1 saturated heterocycles. The summed E-state index contributed by atoms with van der Waals surface area (Å²) in [7, 11) is 0. The quantitative estimate of drug-likeness (QED) is 0.782. The normalized spacial score (nSPS) is 36.8. The minimum Gasteiger partial charge on any atom is -0.396 e. The zero-order valence-electron chi connectivity index (χ0n) is 8.56. The Morgan fingerprint density at radius 2 is 1.80 bits per heavy atom.